The first-order valence-electron chi connectivity index (χ1n) is 11.2. The maximum absolute atomic E-state index is 12.8. The molecule has 1 amide bonds. The second kappa shape index (κ2) is 9.14. The van der Waals surface area contributed by atoms with Gasteiger partial charge in [-0.15, -0.1) is 0 Å². The fourth-order valence-electron chi connectivity index (χ4n) is 5.21. The molecular weight excluding hydrogens is 386 g/mol. The average molecular weight is 420 g/mol. The second-order valence-corrected chi connectivity index (χ2v) is 10.7. The van der Waals surface area contributed by atoms with Gasteiger partial charge >= 0.3 is 0 Å². The molecule has 4 rings (SSSR count). The molecule has 6 nitrogen and oxygen atoms in total. The number of anilines is 1. The van der Waals surface area contributed by atoms with Crippen molar-refractivity contribution in [3.63, 3.8) is 0 Å². The summed E-state index contributed by atoms with van der Waals surface area (Å²) in [4.78, 5) is 15.5. The van der Waals surface area contributed by atoms with E-state index in [9.17, 15) is 13.2 Å². The van der Waals surface area contributed by atoms with Crippen LogP contribution in [0.25, 0.3) is 0 Å². The van der Waals surface area contributed by atoms with Crippen molar-refractivity contribution in [3.8, 4) is 0 Å². The molecule has 1 aromatic rings. The molecule has 1 N–H and O–H groups in total. The lowest BCUT2D eigenvalue weighted by Gasteiger charge is -2.33. The van der Waals surface area contributed by atoms with Gasteiger partial charge in [-0.3, -0.25) is 9.69 Å². The standard InChI is InChI=1S/C22H33N3O3S/c26-22(17-25(19-9-1-2-10-19)20-11-3-4-12-20)23-18-8-7-13-21(16-18)29(27,28)24-14-5-6-15-24/h7-8,13,16,19-20H,1-6,9-12,14-15,17H2,(H,23,26). The van der Waals surface area contributed by atoms with Crippen LogP contribution in [0.2, 0.25) is 0 Å². The number of hydrogen-bond acceptors (Lipinski definition) is 4. The molecule has 2 aliphatic carbocycles. The van der Waals surface area contributed by atoms with Crippen LogP contribution in [0, 0.1) is 0 Å². The number of carbonyl (C=O) groups excluding carboxylic acids is 1. The van der Waals surface area contributed by atoms with E-state index >= 15 is 0 Å². The van der Waals surface area contributed by atoms with E-state index in [1.165, 1.54) is 55.7 Å². The Labute approximate surface area is 174 Å². The highest BCUT2D eigenvalue weighted by Crippen LogP contribution is 2.31. The average Bonchev–Trinajstić information content (AvgIpc) is 3.50. The van der Waals surface area contributed by atoms with Gasteiger partial charge in [0.15, 0.2) is 0 Å². The molecule has 0 radical (unpaired) electrons. The molecule has 2 saturated carbocycles. The molecule has 29 heavy (non-hydrogen) atoms. The van der Waals surface area contributed by atoms with Crippen molar-refractivity contribution in [1.82, 2.24) is 9.21 Å². The highest BCUT2D eigenvalue weighted by atomic mass is 32.2. The van der Waals surface area contributed by atoms with Crippen molar-refractivity contribution >= 4 is 21.6 Å². The van der Waals surface area contributed by atoms with E-state index in [4.69, 9.17) is 0 Å². The number of nitrogens with one attached hydrogen (secondary N) is 1. The molecule has 7 heteroatoms. The molecule has 1 aromatic carbocycles. The lowest BCUT2D eigenvalue weighted by atomic mass is 10.1. The van der Waals surface area contributed by atoms with E-state index in [0.717, 1.165) is 12.8 Å². The number of nitrogens with zero attached hydrogens (tertiary/aromatic N) is 2. The summed E-state index contributed by atoms with van der Waals surface area (Å²) in [5.74, 6) is -0.0421. The predicted octanol–water partition coefficient (Wildman–Crippen LogP) is 3.60. The van der Waals surface area contributed by atoms with Crippen LogP contribution in [0.5, 0.6) is 0 Å². The zero-order valence-corrected chi connectivity index (χ0v) is 18.0. The summed E-state index contributed by atoms with van der Waals surface area (Å²) in [6.45, 7) is 1.56. The molecule has 160 valence electrons. The van der Waals surface area contributed by atoms with E-state index in [0.29, 0.717) is 37.4 Å². The number of benzene rings is 1. The third-order valence-electron chi connectivity index (χ3n) is 6.73. The number of sulfonamides is 1. The van der Waals surface area contributed by atoms with Crippen molar-refractivity contribution in [1.29, 1.82) is 0 Å². The molecule has 0 aromatic heterocycles. The Morgan fingerprint density at radius 1 is 0.966 bits per heavy atom. The zero-order chi connectivity index (χ0) is 20.3. The van der Waals surface area contributed by atoms with Gasteiger partial charge < -0.3 is 5.32 Å². The minimum absolute atomic E-state index is 0.0421. The van der Waals surface area contributed by atoms with Crippen LogP contribution >= 0.6 is 0 Å². The first-order chi connectivity index (χ1) is 14.0. The van der Waals surface area contributed by atoms with Crippen molar-refractivity contribution in [2.75, 3.05) is 25.0 Å². The number of amides is 1. The fraction of sp³-hybridized carbons (Fsp3) is 0.682. The number of rotatable bonds is 7. The summed E-state index contributed by atoms with van der Waals surface area (Å²) < 4.78 is 27.1. The first-order valence-corrected chi connectivity index (χ1v) is 12.6. The summed E-state index contributed by atoms with van der Waals surface area (Å²) in [6, 6.07) is 7.74. The van der Waals surface area contributed by atoms with Crippen LogP contribution in [0.3, 0.4) is 0 Å². The largest absolute Gasteiger partial charge is 0.325 e. The van der Waals surface area contributed by atoms with E-state index < -0.39 is 10.0 Å². The van der Waals surface area contributed by atoms with Gasteiger partial charge in [0.1, 0.15) is 0 Å². The quantitative estimate of drug-likeness (QED) is 0.733. The molecule has 0 atom stereocenters. The normalized spacial score (nSPS) is 22.0. The third kappa shape index (κ3) is 4.84. The molecule has 1 aliphatic heterocycles. The van der Waals surface area contributed by atoms with E-state index in [1.54, 1.807) is 24.3 Å². The van der Waals surface area contributed by atoms with Crippen LogP contribution in [0.15, 0.2) is 29.2 Å². The van der Waals surface area contributed by atoms with Gasteiger partial charge in [-0.1, -0.05) is 31.7 Å². The molecule has 0 unspecified atom stereocenters. The Morgan fingerprint density at radius 2 is 1.55 bits per heavy atom. The topological polar surface area (TPSA) is 69.7 Å². The van der Waals surface area contributed by atoms with Gasteiger partial charge in [0, 0.05) is 30.9 Å². The van der Waals surface area contributed by atoms with Crippen LogP contribution in [0.4, 0.5) is 5.69 Å². The minimum atomic E-state index is -3.47. The predicted molar refractivity (Wildman–Crippen MR) is 114 cm³/mol. The monoisotopic (exact) mass is 419 g/mol. The van der Waals surface area contributed by atoms with Crippen LogP contribution in [0.1, 0.15) is 64.2 Å². The van der Waals surface area contributed by atoms with E-state index in [-0.39, 0.29) is 10.8 Å². The lowest BCUT2D eigenvalue weighted by molar-refractivity contribution is -0.118. The highest BCUT2D eigenvalue weighted by molar-refractivity contribution is 7.89. The Balaban J connectivity index is 1.43. The summed E-state index contributed by atoms with van der Waals surface area (Å²) >= 11 is 0. The minimum Gasteiger partial charge on any atom is -0.325 e. The Bertz CT molecular complexity index is 792. The van der Waals surface area contributed by atoms with Crippen LogP contribution < -0.4 is 5.32 Å². The SMILES string of the molecule is O=C(CN(C1CCCC1)C1CCCC1)Nc1cccc(S(=O)(=O)N2CCCC2)c1. The number of carbonyl (C=O) groups is 1. The zero-order valence-electron chi connectivity index (χ0n) is 17.2. The van der Waals surface area contributed by atoms with Gasteiger partial charge in [0.25, 0.3) is 0 Å². The Morgan fingerprint density at radius 3 is 2.14 bits per heavy atom. The fourth-order valence-corrected chi connectivity index (χ4v) is 6.77. The number of hydrogen-bond donors (Lipinski definition) is 1. The summed E-state index contributed by atoms with van der Waals surface area (Å²) in [5, 5.41) is 2.96. The van der Waals surface area contributed by atoms with Gasteiger partial charge in [0.05, 0.1) is 11.4 Å². The van der Waals surface area contributed by atoms with Crippen molar-refractivity contribution in [2.45, 2.75) is 81.2 Å². The van der Waals surface area contributed by atoms with Gasteiger partial charge in [-0.25, -0.2) is 8.42 Å². The van der Waals surface area contributed by atoms with E-state index in [2.05, 4.69) is 10.2 Å². The van der Waals surface area contributed by atoms with Crippen LogP contribution in [-0.2, 0) is 14.8 Å². The highest BCUT2D eigenvalue weighted by Gasteiger charge is 2.32. The third-order valence-corrected chi connectivity index (χ3v) is 8.63. The maximum atomic E-state index is 12.8. The summed E-state index contributed by atoms with van der Waals surface area (Å²) in [7, 11) is -3.47. The van der Waals surface area contributed by atoms with Gasteiger partial charge in [-0.2, -0.15) is 4.31 Å². The lowest BCUT2D eigenvalue weighted by Crippen LogP contribution is -2.45. The van der Waals surface area contributed by atoms with Crippen molar-refractivity contribution < 1.29 is 13.2 Å². The van der Waals surface area contributed by atoms with Gasteiger partial charge in [0.2, 0.25) is 15.9 Å². The summed E-state index contributed by atoms with van der Waals surface area (Å²) in [5.41, 5.74) is 0.563. The molecular formula is C22H33N3O3S. The molecule has 0 bridgehead atoms. The molecule has 0 spiro atoms. The molecule has 3 fully saturated rings. The van der Waals surface area contributed by atoms with Crippen molar-refractivity contribution in [2.24, 2.45) is 0 Å². The second-order valence-electron chi connectivity index (χ2n) is 8.74. The van der Waals surface area contributed by atoms with Crippen LogP contribution in [-0.4, -0.2) is 55.2 Å². The van der Waals surface area contributed by atoms with Gasteiger partial charge in [-0.05, 0) is 56.7 Å². The molecule has 1 heterocycles. The molecule has 3 aliphatic rings. The van der Waals surface area contributed by atoms with E-state index in [1.807, 2.05) is 0 Å². The molecule has 1 saturated heterocycles. The maximum Gasteiger partial charge on any atom is 0.243 e. The smallest absolute Gasteiger partial charge is 0.243 e. The van der Waals surface area contributed by atoms with Crippen molar-refractivity contribution in [3.05, 3.63) is 24.3 Å². The Hall–Kier alpha value is -1.44. The first kappa shape index (κ1) is 20.8. The summed E-state index contributed by atoms with van der Waals surface area (Å²) in [6.07, 6.45) is 11.6. The Kier molecular flexibility index (Phi) is 6.56.